The van der Waals surface area contributed by atoms with Crippen LogP contribution in [0.2, 0.25) is 0 Å². The normalized spacial score (nSPS) is 54.0. The second-order valence-corrected chi connectivity index (χ2v) is 10.1. The Balaban J connectivity index is 1.62. The van der Waals surface area contributed by atoms with Crippen molar-refractivity contribution in [2.24, 2.45) is 34.5 Å². The van der Waals surface area contributed by atoms with E-state index in [9.17, 15) is 4.79 Å². The molecule has 6 aliphatic rings. The highest BCUT2D eigenvalue weighted by Gasteiger charge is 2.72. The molecule has 6 rings (SSSR count). The van der Waals surface area contributed by atoms with Gasteiger partial charge in [0.2, 0.25) is 0 Å². The molecule has 0 aromatic heterocycles. The van der Waals surface area contributed by atoms with Crippen molar-refractivity contribution in [2.45, 2.75) is 64.3 Å². The fourth-order valence-corrected chi connectivity index (χ4v) is 8.75. The van der Waals surface area contributed by atoms with E-state index in [1.54, 1.807) is 5.57 Å². The van der Waals surface area contributed by atoms with E-state index in [0.717, 1.165) is 30.1 Å². The maximum atomic E-state index is 12.4. The molecule has 0 spiro atoms. The fraction of sp³-hybridized carbons (Fsp3) is 0.864. The highest BCUT2D eigenvalue weighted by atomic mass is 16.5. The first-order valence-corrected chi connectivity index (χ1v) is 10.8. The molecule has 3 saturated heterocycles. The average Bonchev–Trinajstić information content (AvgIpc) is 3.14. The molecule has 0 aromatic carbocycles. The second kappa shape index (κ2) is 4.91. The van der Waals surface area contributed by atoms with Gasteiger partial charge >= 0.3 is 5.97 Å². The summed E-state index contributed by atoms with van der Waals surface area (Å²) in [5.41, 5.74) is 2.28. The predicted octanol–water partition coefficient (Wildman–Crippen LogP) is 3.79. The monoisotopic (exact) mass is 341 g/mol. The molecular formula is C22H31NO2. The molecular weight excluding hydrogens is 310 g/mol. The zero-order chi connectivity index (χ0) is 16.8. The summed E-state index contributed by atoms with van der Waals surface area (Å²) in [6.45, 7) is 5.76. The van der Waals surface area contributed by atoms with Crippen molar-refractivity contribution >= 4 is 5.97 Å². The third kappa shape index (κ3) is 1.66. The zero-order valence-electron chi connectivity index (χ0n) is 15.5. The van der Waals surface area contributed by atoms with Crippen LogP contribution in [0, 0.1) is 34.5 Å². The summed E-state index contributed by atoms with van der Waals surface area (Å²) in [6.07, 6.45) is 12.4. The topological polar surface area (TPSA) is 29.5 Å². The van der Waals surface area contributed by atoms with Crippen molar-refractivity contribution < 1.29 is 9.53 Å². The molecule has 3 aliphatic carbocycles. The van der Waals surface area contributed by atoms with Gasteiger partial charge in [-0.2, -0.15) is 0 Å². The van der Waals surface area contributed by atoms with Crippen molar-refractivity contribution in [3.05, 3.63) is 11.6 Å². The Kier molecular flexibility index (Phi) is 2.99. The number of esters is 1. The molecule has 3 heterocycles. The highest BCUT2D eigenvalue weighted by Crippen LogP contribution is 2.73. The maximum absolute atomic E-state index is 12.4. The van der Waals surface area contributed by atoms with E-state index in [4.69, 9.17) is 4.74 Å². The first-order valence-electron chi connectivity index (χ1n) is 10.8. The molecule has 0 amide bonds. The van der Waals surface area contributed by atoms with Crippen LogP contribution >= 0.6 is 0 Å². The van der Waals surface area contributed by atoms with Gasteiger partial charge in [0.25, 0.3) is 0 Å². The molecule has 0 aromatic rings. The summed E-state index contributed by atoms with van der Waals surface area (Å²) < 4.78 is 5.92. The largest absolute Gasteiger partial charge is 0.465 e. The third-order valence-electron chi connectivity index (χ3n) is 9.52. The molecule has 2 saturated carbocycles. The van der Waals surface area contributed by atoms with Gasteiger partial charge in [-0.05, 0) is 68.6 Å². The lowest BCUT2D eigenvalue weighted by molar-refractivity contribution is -0.174. The highest BCUT2D eigenvalue weighted by molar-refractivity contribution is 5.70. The van der Waals surface area contributed by atoms with Gasteiger partial charge in [-0.25, -0.2) is 0 Å². The Bertz CT molecular complexity index is 656. The third-order valence-corrected chi connectivity index (χ3v) is 9.52. The van der Waals surface area contributed by atoms with E-state index in [1.807, 2.05) is 0 Å². The van der Waals surface area contributed by atoms with Crippen LogP contribution in [0.25, 0.3) is 0 Å². The van der Waals surface area contributed by atoms with Crippen LogP contribution in [0.1, 0.15) is 58.3 Å². The number of hydrogen-bond donors (Lipinski definition) is 0. The van der Waals surface area contributed by atoms with Crippen LogP contribution in [0.4, 0.5) is 0 Å². The first-order chi connectivity index (χ1) is 12.2. The lowest BCUT2D eigenvalue weighted by atomic mass is 9.42. The minimum Gasteiger partial charge on any atom is -0.465 e. The number of nitrogens with zero attached hydrogens (tertiary/aromatic N) is 1. The van der Waals surface area contributed by atoms with Crippen LogP contribution in [0.5, 0.6) is 0 Å². The molecule has 3 aliphatic heterocycles. The first kappa shape index (κ1) is 15.2. The molecule has 7 atom stereocenters. The Hall–Kier alpha value is -0.830. The van der Waals surface area contributed by atoms with Crippen molar-refractivity contribution in [2.75, 3.05) is 19.7 Å². The van der Waals surface area contributed by atoms with Crippen molar-refractivity contribution in [1.82, 2.24) is 4.90 Å². The molecule has 3 nitrogen and oxygen atoms in total. The van der Waals surface area contributed by atoms with E-state index in [-0.39, 0.29) is 16.8 Å². The summed E-state index contributed by atoms with van der Waals surface area (Å²) >= 11 is 0. The smallest absolute Gasteiger partial charge is 0.305 e. The molecule has 0 radical (unpaired) electrons. The fourth-order valence-electron chi connectivity index (χ4n) is 8.75. The molecule has 25 heavy (non-hydrogen) atoms. The molecule has 136 valence electrons. The molecule has 3 heteroatoms. The van der Waals surface area contributed by atoms with Gasteiger partial charge < -0.3 is 4.74 Å². The number of allylic oxidation sites excluding steroid dienone is 1. The SMILES string of the molecule is C[C@@H]1CN2C[C@H]3CC[C@H]4CCC=C4[C@]45CCC(=O)OC[C@]34CC[C@H]1[C@@H]25. The van der Waals surface area contributed by atoms with Gasteiger partial charge in [-0.15, -0.1) is 0 Å². The summed E-state index contributed by atoms with van der Waals surface area (Å²) in [5, 5.41) is 0. The standard InChI is InChI=1S/C22H31NO2/c1-14-11-23-12-16-6-5-15-3-2-4-18(15)22-10-8-19(24)25-13-21(16,22)9-7-17(14)20(22)23/h4,14-17,20H,2-3,5-13H2,1H3/t14-,15-,16-,17-,20-,21-,22+/m1/s1. The number of cyclic esters (lactones) is 1. The van der Waals surface area contributed by atoms with Crippen LogP contribution < -0.4 is 0 Å². The van der Waals surface area contributed by atoms with Crippen LogP contribution in [0.15, 0.2) is 11.6 Å². The Labute approximate surface area is 151 Å². The predicted molar refractivity (Wildman–Crippen MR) is 95.8 cm³/mol. The van der Waals surface area contributed by atoms with E-state index in [0.29, 0.717) is 19.1 Å². The lowest BCUT2D eigenvalue weighted by Crippen LogP contribution is -2.68. The maximum Gasteiger partial charge on any atom is 0.305 e. The van der Waals surface area contributed by atoms with Gasteiger partial charge in [0.05, 0.1) is 6.61 Å². The number of carbonyl (C=O) groups is 1. The minimum absolute atomic E-state index is 0.0682. The summed E-state index contributed by atoms with van der Waals surface area (Å²) in [7, 11) is 0. The van der Waals surface area contributed by atoms with Crippen molar-refractivity contribution in [3.63, 3.8) is 0 Å². The van der Waals surface area contributed by atoms with Gasteiger partial charge in [0.15, 0.2) is 0 Å². The van der Waals surface area contributed by atoms with E-state index in [2.05, 4.69) is 17.9 Å². The molecule has 0 unspecified atom stereocenters. The molecule has 5 fully saturated rings. The van der Waals surface area contributed by atoms with E-state index < -0.39 is 0 Å². The summed E-state index contributed by atoms with van der Waals surface area (Å²) in [6, 6.07) is 0.687. The molecule has 4 bridgehead atoms. The minimum atomic E-state index is 0.0682. The van der Waals surface area contributed by atoms with Crippen LogP contribution in [0.3, 0.4) is 0 Å². The quantitative estimate of drug-likeness (QED) is 0.496. The average molecular weight is 341 g/mol. The second-order valence-electron chi connectivity index (χ2n) is 10.1. The number of carbonyl (C=O) groups excluding carboxylic acids is 1. The van der Waals surface area contributed by atoms with Gasteiger partial charge in [0.1, 0.15) is 0 Å². The van der Waals surface area contributed by atoms with Crippen molar-refractivity contribution in [1.29, 1.82) is 0 Å². The van der Waals surface area contributed by atoms with E-state index >= 15 is 0 Å². The zero-order valence-corrected chi connectivity index (χ0v) is 15.5. The number of piperidine rings is 1. The Morgan fingerprint density at radius 3 is 3.00 bits per heavy atom. The van der Waals surface area contributed by atoms with Gasteiger partial charge in [-0.1, -0.05) is 18.6 Å². The van der Waals surface area contributed by atoms with Crippen molar-refractivity contribution in [3.8, 4) is 0 Å². The molecule has 0 N–H and O–H groups in total. The number of fused-ring (bicyclic) bond motifs is 1. The number of rotatable bonds is 0. The lowest BCUT2D eigenvalue weighted by Gasteiger charge is -2.66. The van der Waals surface area contributed by atoms with Gasteiger partial charge in [0, 0.05) is 36.4 Å². The van der Waals surface area contributed by atoms with Gasteiger partial charge in [-0.3, -0.25) is 9.69 Å². The van der Waals surface area contributed by atoms with Crippen LogP contribution in [-0.4, -0.2) is 36.6 Å². The summed E-state index contributed by atoms with van der Waals surface area (Å²) in [4.78, 5) is 15.2. The number of hydrogen-bond acceptors (Lipinski definition) is 3. The Morgan fingerprint density at radius 2 is 2.08 bits per heavy atom. The van der Waals surface area contributed by atoms with Crippen LogP contribution in [-0.2, 0) is 9.53 Å². The van der Waals surface area contributed by atoms with E-state index in [1.165, 1.54) is 51.6 Å². The summed E-state index contributed by atoms with van der Waals surface area (Å²) in [5.74, 6) is 3.25. The Morgan fingerprint density at radius 1 is 1.16 bits per heavy atom. The number of ether oxygens (including phenoxy) is 1.